The van der Waals surface area contributed by atoms with Gasteiger partial charge in [0.25, 0.3) is 10.1 Å². The summed E-state index contributed by atoms with van der Waals surface area (Å²) in [6.07, 6.45) is 2.78. The molecule has 2 fully saturated rings. The molecule has 0 aromatic rings. The van der Waals surface area contributed by atoms with Crippen LogP contribution in [0.4, 0.5) is 4.79 Å². The van der Waals surface area contributed by atoms with Crippen LogP contribution in [0.25, 0.3) is 0 Å². The summed E-state index contributed by atoms with van der Waals surface area (Å²) < 4.78 is 32.8. The van der Waals surface area contributed by atoms with Gasteiger partial charge in [-0.15, -0.1) is 0 Å². The molecule has 0 aromatic carbocycles. The minimum Gasteiger partial charge on any atom is -0.444 e. The third-order valence-corrected chi connectivity index (χ3v) is 4.46. The number of piperazine rings is 1. The molecule has 1 amide bonds. The summed E-state index contributed by atoms with van der Waals surface area (Å²) in [6.45, 7) is 7.60. The Hall–Kier alpha value is -0.860. The van der Waals surface area contributed by atoms with Gasteiger partial charge >= 0.3 is 6.09 Å². The fraction of sp³-hybridized carbons (Fsp3) is 0.929. The van der Waals surface area contributed by atoms with Crippen LogP contribution in [-0.2, 0) is 19.0 Å². The molecule has 0 radical (unpaired) electrons. The topological polar surface area (TPSA) is 76.2 Å². The van der Waals surface area contributed by atoms with Crippen molar-refractivity contribution >= 4 is 16.2 Å². The minimum atomic E-state index is -3.53. The first-order chi connectivity index (χ1) is 10.1. The van der Waals surface area contributed by atoms with E-state index in [1.165, 1.54) is 0 Å². The van der Waals surface area contributed by atoms with Gasteiger partial charge < -0.3 is 4.74 Å². The average molecular weight is 334 g/mol. The number of carbonyl (C=O) groups is 1. The van der Waals surface area contributed by atoms with Crippen LogP contribution in [0.15, 0.2) is 0 Å². The van der Waals surface area contributed by atoms with Gasteiger partial charge in [-0.2, -0.15) is 8.42 Å². The predicted molar refractivity (Wildman–Crippen MR) is 82.1 cm³/mol. The lowest BCUT2D eigenvalue weighted by atomic mass is 10.1. The van der Waals surface area contributed by atoms with E-state index in [1.54, 1.807) is 4.90 Å². The summed E-state index contributed by atoms with van der Waals surface area (Å²) in [6, 6.07) is 0.0286. The summed E-state index contributed by atoms with van der Waals surface area (Å²) in [5.41, 5.74) is -0.577. The van der Waals surface area contributed by atoms with Crippen molar-refractivity contribution < 1.29 is 22.1 Å². The maximum atomic E-state index is 12.4. The third kappa shape index (κ3) is 4.82. The highest BCUT2D eigenvalue weighted by Crippen LogP contribution is 2.26. The van der Waals surface area contributed by atoms with Crippen LogP contribution in [0.1, 0.15) is 33.6 Å². The van der Waals surface area contributed by atoms with Crippen molar-refractivity contribution in [3.05, 3.63) is 0 Å². The van der Waals surface area contributed by atoms with E-state index in [0.29, 0.717) is 19.1 Å². The SMILES string of the molecule is CC(C)(C)OC(=O)N1C[C@@H]2CCCN2C[C@@H]1COS(C)(=O)=O. The second kappa shape index (κ2) is 6.33. The monoisotopic (exact) mass is 334 g/mol. The summed E-state index contributed by atoms with van der Waals surface area (Å²) in [7, 11) is -3.53. The number of hydrogen-bond acceptors (Lipinski definition) is 6. The zero-order valence-electron chi connectivity index (χ0n) is 13.7. The first-order valence-electron chi connectivity index (χ1n) is 7.63. The molecule has 2 aliphatic heterocycles. The van der Waals surface area contributed by atoms with Crippen molar-refractivity contribution in [2.75, 3.05) is 32.5 Å². The zero-order chi connectivity index (χ0) is 16.5. The molecule has 0 saturated carbocycles. The van der Waals surface area contributed by atoms with Gasteiger partial charge in [0.1, 0.15) is 5.60 Å². The Bertz CT molecular complexity index is 514. The number of nitrogens with zero attached hydrogens (tertiary/aromatic N) is 2. The van der Waals surface area contributed by atoms with Crippen molar-refractivity contribution in [3.8, 4) is 0 Å². The van der Waals surface area contributed by atoms with Crippen LogP contribution in [0.2, 0.25) is 0 Å². The quantitative estimate of drug-likeness (QED) is 0.718. The number of hydrogen-bond donors (Lipinski definition) is 0. The first kappa shape index (κ1) is 17.5. The molecular weight excluding hydrogens is 308 g/mol. The van der Waals surface area contributed by atoms with Gasteiger partial charge in [0.15, 0.2) is 0 Å². The molecule has 0 aromatic heterocycles. The van der Waals surface area contributed by atoms with E-state index in [1.807, 2.05) is 20.8 Å². The lowest BCUT2D eigenvalue weighted by molar-refractivity contribution is -0.0165. The second-order valence-electron chi connectivity index (χ2n) is 7.07. The van der Waals surface area contributed by atoms with E-state index < -0.39 is 21.8 Å². The van der Waals surface area contributed by atoms with Crippen LogP contribution in [0.3, 0.4) is 0 Å². The van der Waals surface area contributed by atoms with E-state index in [9.17, 15) is 13.2 Å². The lowest BCUT2D eigenvalue weighted by Gasteiger charge is -2.43. The van der Waals surface area contributed by atoms with Gasteiger partial charge in [-0.25, -0.2) is 4.79 Å². The Kier molecular flexibility index (Phi) is 5.03. The van der Waals surface area contributed by atoms with Gasteiger partial charge in [-0.05, 0) is 40.2 Å². The van der Waals surface area contributed by atoms with Gasteiger partial charge in [0.05, 0.1) is 18.9 Å². The molecule has 2 aliphatic rings. The third-order valence-electron chi connectivity index (χ3n) is 3.90. The number of rotatable bonds is 3. The maximum Gasteiger partial charge on any atom is 0.410 e. The second-order valence-corrected chi connectivity index (χ2v) is 8.71. The molecule has 0 unspecified atom stereocenters. The summed E-state index contributed by atoms with van der Waals surface area (Å²) in [4.78, 5) is 16.3. The zero-order valence-corrected chi connectivity index (χ0v) is 14.6. The molecule has 22 heavy (non-hydrogen) atoms. The molecule has 2 rings (SSSR count). The van der Waals surface area contributed by atoms with E-state index in [0.717, 1.165) is 25.6 Å². The Labute approximate surface area is 132 Å². The normalized spacial score (nSPS) is 26.8. The molecule has 0 spiro atoms. The average Bonchev–Trinajstić information content (AvgIpc) is 2.79. The molecule has 0 bridgehead atoms. The molecule has 128 valence electrons. The molecule has 7 nitrogen and oxygen atoms in total. The molecule has 2 heterocycles. The predicted octanol–water partition coefficient (Wildman–Crippen LogP) is 1.05. The summed E-state index contributed by atoms with van der Waals surface area (Å²) in [5, 5.41) is 0. The van der Waals surface area contributed by atoms with E-state index >= 15 is 0 Å². The van der Waals surface area contributed by atoms with Crippen LogP contribution in [0, 0.1) is 0 Å². The van der Waals surface area contributed by atoms with Crippen molar-refractivity contribution in [2.45, 2.75) is 51.3 Å². The van der Waals surface area contributed by atoms with E-state index in [2.05, 4.69) is 4.90 Å². The fourth-order valence-corrected chi connectivity index (χ4v) is 3.38. The van der Waals surface area contributed by atoms with Gasteiger partial charge in [-0.1, -0.05) is 0 Å². The maximum absolute atomic E-state index is 12.4. The minimum absolute atomic E-state index is 0.0265. The number of carbonyl (C=O) groups excluding carboxylic acids is 1. The highest BCUT2D eigenvalue weighted by Gasteiger charge is 2.40. The Morgan fingerprint density at radius 3 is 2.55 bits per heavy atom. The highest BCUT2D eigenvalue weighted by molar-refractivity contribution is 7.85. The van der Waals surface area contributed by atoms with Crippen LogP contribution in [0.5, 0.6) is 0 Å². The number of fused-ring (bicyclic) bond motifs is 1. The lowest BCUT2D eigenvalue weighted by Crippen LogP contribution is -2.60. The van der Waals surface area contributed by atoms with E-state index in [-0.39, 0.29) is 12.6 Å². The smallest absolute Gasteiger partial charge is 0.410 e. The molecular formula is C14H26N2O5S. The van der Waals surface area contributed by atoms with Crippen molar-refractivity contribution in [1.29, 1.82) is 0 Å². The standard InChI is InChI=1S/C14H26N2O5S/c1-14(2,3)21-13(17)16-9-11-6-5-7-15(11)8-12(16)10-20-22(4,18)19/h11-12H,5-10H2,1-4H3/t11-,12+/m0/s1. The van der Waals surface area contributed by atoms with Crippen LogP contribution < -0.4 is 0 Å². The van der Waals surface area contributed by atoms with Crippen LogP contribution in [-0.4, -0.2) is 74.5 Å². The van der Waals surface area contributed by atoms with Crippen molar-refractivity contribution in [2.24, 2.45) is 0 Å². The largest absolute Gasteiger partial charge is 0.444 e. The summed E-state index contributed by atoms with van der Waals surface area (Å²) in [5.74, 6) is 0. The van der Waals surface area contributed by atoms with E-state index in [4.69, 9.17) is 8.92 Å². The first-order valence-corrected chi connectivity index (χ1v) is 9.45. The van der Waals surface area contributed by atoms with Crippen LogP contribution >= 0.6 is 0 Å². The van der Waals surface area contributed by atoms with Crippen molar-refractivity contribution in [1.82, 2.24) is 9.80 Å². The Morgan fingerprint density at radius 1 is 1.27 bits per heavy atom. The molecule has 2 atom stereocenters. The fourth-order valence-electron chi connectivity index (χ4n) is 2.98. The van der Waals surface area contributed by atoms with Gasteiger partial charge in [0, 0.05) is 19.1 Å². The Balaban J connectivity index is 2.08. The Morgan fingerprint density at radius 2 is 1.95 bits per heavy atom. The van der Waals surface area contributed by atoms with Gasteiger partial charge in [-0.3, -0.25) is 14.0 Å². The summed E-state index contributed by atoms with van der Waals surface area (Å²) >= 11 is 0. The highest BCUT2D eigenvalue weighted by atomic mass is 32.2. The molecule has 8 heteroatoms. The molecule has 2 saturated heterocycles. The van der Waals surface area contributed by atoms with Crippen molar-refractivity contribution in [3.63, 3.8) is 0 Å². The molecule has 0 N–H and O–H groups in total. The number of amides is 1. The molecule has 0 aliphatic carbocycles. The van der Waals surface area contributed by atoms with Gasteiger partial charge in [0.2, 0.25) is 0 Å². The number of ether oxygens (including phenoxy) is 1.